The van der Waals surface area contributed by atoms with Crippen molar-refractivity contribution in [2.24, 2.45) is 5.73 Å². The Hall–Kier alpha value is -1.08. The zero-order valence-corrected chi connectivity index (χ0v) is 4.39. The largest absolute Gasteiger partial charge is 0.370 e. The van der Waals surface area contributed by atoms with Gasteiger partial charge in [-0.05, 0) is 6.42 Å². The predicted octanol–water partition coefficient (Wildman–Crippen LogP) is -0.360. The lowest BCUT2D eigenvalue weighted by atomic mass is 10.3. The molecule has 0 fully saturated rings. The van der Waals surface area contributed by atoms with E-state index in [0.29, 0.717) is 6.42 Å². The second-order valence-electron chi connectivity index (χ2n) is 1.33. The van der Waals surface area contributed by atoms with Gasteiger partial charge in [-0.3, -0.25) is 4.79 Å². The van der Waals surface area contributed by atoms with Gasteiger partial charge in [0.25, 0.3) is 0 Å². The number of carbonyl (C=O) groups is 1. The topological polar surface area (TPSA) is 60.2 Å². The van der Waals surface area contributed by atoms with E-state index in [-0.39, 0.29) is 6.42 Å². The lowest BCUT2D eigenvalue weighted by Crippen LogP contribution is -2.08. The Morgan fingerprint density at radius 2 is 2.38 bits per heavy atom. The van der Waals surface area contributed by atoms with Crippen LogP contribution in [0.15, 0.2) is 6.08 Å². The van der Waals surface area contributed by atoms with E-state index in [1.165, 1.54) is 6.08 Å². The molecule has 0 aromatic rings. The fraction of sp³-hybridized carbons (Fsp3) is 0.400. The molecule has 0 aliphatic carbocycles. The Kier molecular flexibility index (Phi) is 3.54. The standard InChI is InChI=1S/C5H7NO2/c6-5(8)3-1-2-4-7/h2H,1,3H2,(H2,6,8). The fourth-order valence-corrected chi connectivity index (χ4v) is 0.273. The molecule has 0 aliphatic rings. The average Bonchev–Trinajstić information content (AvgIpc) is 1.66. The second-order valence-corrected chi connectivity index (χ2v) is 1.33. The highest BCUT2D eigenvalue weighted by Gasteiger charge is 1.87. The van der Waals surface area contributed by atoms with Gasteiger partial charge in [-0.25, -0.2) is 4.79 Å². The monoisotopic (exact) mass is 113 g/mol. The van der Waals surface area contributed by atoms with E-state index in [4.69, 9.17) is 5.73 Å². The maximum absolute atomic E-state index is 9.95. The zero-order chi connectivity index (χ0) is 6.41. The lowest BCUT2D eigenvalue weighted by Gasteiger charge is -1.82. The molecule has 0 saturated heterocycles. The molecular weight excluding hydrogens is 106 g/mol. The van der Waals surface area contributed by atoms with Gasteiger partial charge in [-0.1, -0.05) is 0 Å². The molecule has 0 atom stereocenters. The zero-order valence-electron chi connectivity index (χ0n) is 4.39. The van der Waals surface area contributed by atoms with E-state index in [9.17, 15) is 9.59 Å². The number of primary amides is 1. The average molecular weight is 113 g/mol. The maximum Gasteiger partial charge on any atom is 0.217 e. The van der Waals surface area contributed by atoms with Gasteiger partial charge < -0.3 is 5.73 Å². The van der Waals surface area contributed by atoms with Crippen LogP contribution in [0.4, 0.5) is 0 Å². The summed E-state index contributed by atoms with van der Waals surface area (Å²) in [6.07, 6.45) is 1.87. The van der Waals surface area contributed by atoms with Crippen molar-refractivity contribution < 1.29 is 9.59 Å². The van der Waals surface area contributed by atoms with Crippen LogP contribution in [0.25, 0.3) is 0 Å². The molecule has 0 unspecified atom stereocenters. The second kappa shape index (κ2) is 4.09. The van der Waals surface area contributed by atoms with Crippen LogP contribution < -0.4 is 5.73 Å². The number of amides is 1. The molecule has 3 heteroatoms. The van der Waals surface area contributed by atoms with Crippen LogP contribution in [0.3, 0.4) is 0 Å². The SMILES string of the molecule is NC(=O)CCC=C=O. The Balaban J connectivity index is 3.18. The van der Waals surface area contributed by atoms with E-state index < -0.39 is 5.91 Å². The molecule has 1 amide bonds. The quantitative estimate of drug-likeness (QED) is 0.508. The van der Waals surface area contributed by atoms with Crippen molar-refractivity contribution in [3.8, 4) is 0 Å². The number of nitrogens with two attached hydrogens (primary N) is 1. The van der Waals surface area contributed by atoms with Crippen molar-refractivity contribution in [1.29, 1.82) is 0 Å². The highest BCUT2D eigenvalue weighted by atomic mass is 16.1. The van der Waals surface area contributed by atoms with Crippen LogP contribution in [0.5, 0.6) is 0 Å². The first-order valence-electron chi connectivity index (χ1n) is 2.25. The van der Waals surface area contributed by atoms with E-state index in [0.717, 1.165) is 0 Å². The summed E-state index contributed by atoms with van der Waals surface area (Å²) >= 11 is 0. The molecule has 44 valence electrons. The third-order valence-electron chi connectivity index (χ3n) is 0.618. The summed E-state index contributed by atoms with van der Waals surface area (Å²) in [5.74, 6) is 1.15. The maximum atomic E-state index is 9.95. The first-order chi connectivity index (χ1) is 3.77. The van der Waals surface area contributed by atoms with E-state index in [1.54, 1.807) is 5.94 Å². The van der Waals surface area contributed by atoms with Crippen LogP contribution in [-0.2, 0) is 9.59 Å². The van der Waals surface area contributed by atoms with Crippen molar-refractivity contribution in [2.45, 2.75) is 12.8 Å². The van der Waals surface area contributed by atoms with Crippen LogP contribution >= 0.6 is 0 Å². The Morgan fingerprint density at radius 1 is 1.75 bits per heavy atom. The molecule has 0 saturated carbocycles. The van der Waals surface area contributed by atoms with Crippen LogP contribution in [-0.4, -0.2) is 11.8 Å². The molecule has 0 spiro atoms. The summed E-state index contributed by atoms with van der Waals surface area (Å²) in [7, 11) is 0. The molecular formula is C5H7NO2. The van der Waals surface area contributed by atoms with Gasteiger partial charge in [-0.2, -0.15) is 0 Å². The van der Waals surface area contributed by atoms with Gasteiger partial charge in [0.05, 0.1) is 0 Å². The molecule has 0 heterocycles. The van der Waals surface area contributed by atoms with Crippen LogP contribution in [0.2, 0.25) is 0 Å². The molecule has 0 rings (SSSR count). The summed E-state index contributed by atoms with van der Waals surface area (Å²) in [6.45, 7) is 0. The number of rotatable bonds is 3. The van der Waals surface area contributed by atoms with Crippen molar-refractivity contribution >= 4 is 11.8 Å². The lowest BCUT2D eigenvalue weighted by molar-refractivity contribution is -0.117. The number of hydrogen-bond acceptors (Lipinski definition) is 2. The normalized spacial score (nSPS) is 7.50. The highest BCUT2D eigenvalue weighted by Crippen LogP contribution is 1.83. The van der Waals surface area contributed by atoms with Crippen molar-refractivity contribution in [3.63, 3.8) is 0 Å². The van der Waals surface area contributed by atoms with Gasteiger partial charge in [0.2, 0.25) is 5.91 Å². The smallest absolute Gasteiger partial charge is 0.217 e. The van der Waals surface area contributed by atoms with Crippen molar-refractivity contribution in [1.82, 2.24) is 0 Å². The minimum absolute atomic E-state index is 0.231. The fourth-order valence-electron chi connectivity index (χ4n) is 0.273. The number of hydrogen-bond donors (Lipinski definition) is 1. The summed E-state index contributed by atoms with van der Waals surface area (Å²) < 4.78 is 0. The van der Waals surface area contributed by atoms with Gasteiger partial charge in [-0.15, -0.1) is 0 Å². The third kappa shape index (κ3) is 4.92. The number of allylic oxidation sites excluding steroid dienone is 1. The third-order valence-corrected chi connectivity index (χ3v) is 0.618. The van der Waals surface area contributed by atoms with Crippen molar-refractivity contribution in [2.75, 3.05) is 0 Å². The predicted molar refractivity (Wildman–Crippen MR) is 28.7 cm³/mol. The van der Waals surface area contributed by atoms with Crippen molar-refractivity contribution in [3.05, 3.63) is 6.08 Å². The van der Waals surface area contributed by atoms with E-state index >= 15 is 0 Å². The summed E-state index contributed by atoms with van der Waals surface area (Å²) in [5, 5.41) is 0. The number of carbonyl (C=O) groups excluding carboxylic acids is 2. The first kappa shape index (κ1) is 6.92. The summed E-state index contributed by atoms with van der Waals surface area (Å²) in [5.41, 5.74) is 4.74. The molecule has 0 radical (unpaired) electrons. The molecule has 2 N–H and O–H groups in total. The van der Waals surface area contributed by atoms with E-state index in [1.807, 2.05) is 0 Å². The van der Waals surface area contributed by atoms with Gasteiger partial charge in [0.1, 0.15) is 5.94 Å². The molecule has 0 aliphatic heterocycles. The highest BCUT2D eigenvalue weighted by molar-refractivity contribution is 5.74. The minimum Gasteiger partial charge on any atom is -0.370 e. The van der Waals surface area contributed by atoms with Gasteiger partial charge >= 0.3 is 0 Å². The minimum atomic E-state index is -0.392. The van der Waals surface area contributed by atoms with E-state index in [2.05, 4.69) is 0 Å². The first-order valence-corrected chi connectivity index (χ1v) is 2.25. The Morgan fingerprint density at radius 3 is 2.75 bits per heavy atom. The summed E-state index contributed by atoms with van der Waals surface area (Å²) in [6, 6.07) is 0. The van der Waals surface area contributed by atoms with Gasteiger partial charge in [0, 0.05) is 12.5 Å². The Bertz CT molecular complexity index is 122. The molecule has 3 nitrogen and oxygen atoms in total. The molecule has 8 heavy (non-hydrogen) atoms. The van der Waals surface area contributed by atoms with Crippen LogP contribution in [0.1, 0.15) is 12.8 Å². The Labute approximate surface area is 47.2 Å². The molecule has 0 aromatic carbocycles. The summed E-state index contributed by atoms with van der Waals surface area (Å²) in [4.78, 5) is 19.4. The van der Waals surface area contributed by atoms with Crippen LogP contribution in [0, 0.1) is 0 Å². The molecule has 0 bridgehead atoms. The van der Waals surface area contributed by atoms with Gasteiger partial charge in [0.15, 0.2) is 0 Å². The molecule has 0 aromatic heterocycles.